The van der Waals surface area contributed by atoms with Crippen molar-refractivity contribution >= 4 is 34.5 Å². The highest BCUT2D eigenvalue weighted by Crippen LogP contribution is 2.30. The van der Waals surface area contributed by atoms with E-state index in [0.717, 1.165) is 14.9 Å². The number of hydrogen-bond donors (Lipinski definition) is 1. The Kier molecular flexibility index (Phi) is 3.12. The van der Waals surface area contributed by atoms with Crippen molar-refractivity contribution in [3.05, 3.63) is 32.4 Å². The number of thiophene rings is 1. The molecule has 0 spiro atoms. The first-order chi connectivity index (χ1) is 6.81. The molecule has 6 heteroatoms. The highest BCUT2D eigenvalue weighted by atomic mass is 35.5. The summed E-state index contributed by atoms with van der Waals surface area (Å²) in [7, 11) is 1.90. The number of rotatable bonds is 3. The fraction of sp³-hybridized carbons (Fsp3) is 0.250. The molecule has 0 aliphatic carbocycles. The molecule has 2 heterocycles. The van der Waals surface area contributed by atoms with Crippen LogP contribution in [-0.2, 0) is 0 Å². The fourth-order valence-corrected chi connectivity index (χ4v) is 2.88. The van der Waals surface area contributed by atoms with E-state index in [1.54, 1.807) is 11.3 Å². The summed E-state index contributed by atoms with van der Waals surface area (Å²) < 4.78 is 4.64. The van der Waals surface area contributed by atoms with Crippen molar-refractivity contribution in [2.24, 2.45) is 0 Å². The molecule has 2 rings (SSSR count). The van der Waals surface area contributed by atoms with E-state index < -0.39 is 0 Å². The summed E-state index contributed by atoms with van der Waals surface area (Å²) in [6, 6.07) is 4.00. The second-order valence-electron chi connectivity index (χ2n) is 2.69. The number of nitrogens with one attached hydrogen (secondary N) is 1. The summed E-state index contributed by atoms with van der Waals surface area (Å²) in [6.07, 6.45) is 0. The molecule has 14 heavy (non-hydrogen) atoms. The van der Waals surface area contributed by atoms with E-state index in [-0.39, 0.29) is 6.04 Å². The number of aromatic nitrogens is 2. The average molecular weight is 246 g/mol. The van der Waals surface area contributed by atoms with Crippen molar-refractivity contribution in [2.45, 2.75) is 6.04 Å². The molecule has 1 atom stereocenters. The van der Waals surface area contributed by atoms with Crippen LogP contribution >= 0.6 is 34.5 Å². The quantitative estimate of drug-likeness (QED) is 0.903. The molecule has 74 valence electrons. The van der Waals surface area contributed by atoms with Crippen molar-refractivity contribution in [3.63, 3.8) is 0 Å². The number of halogens is 1. The Hall–Kier alpha value is -0.490. The average Bonchev–Trinajstić information content (AvgIpc) is 2.79. The molecule has 0 radical (unpaired) electrons. The molecular formula is C8H8ClN3S2. The van der Waals surface area contributed by atoms with Crippen LogP contribution in [0, 0.1) is 0 Å². The van der Waals surface area contributed by atoms with Gasteiger partial charge in [0.2, 0.25) is 0 Å². The van der Waals surface area contributed by atoms with E-state index in [1.807, 2.05) is 24.6 Å². The van der Waals surface area contributed by atoms with Crippen molar-refractivity contribution in [2.75, 3.05) is 7.05 Å². The molecule has 0 saturated carbocycles. The molecule has 0 saturated heterocycles. The molecule has 1 N–H and O–H groups in total. The lowest BCUT2D eigenvalue weighted by molar-refractivity contribution is 0.679. The summed E-state index contributed by atoms with van der Waals surface area (Å²) in [5.74, 6) is 0. The Morgan fingerprint density at radius 3 is 2.86 bits per heavy atom. The fourth-order valence-electron chi connectivity index (χ4n) is 1.22. The van der Waals surface area contributed by atoms with Gasteiger partial charge in [0.1, 0.15) is 0 Å². The topological polar surface area (TPSA) is 37.8 Å². The van der Waals surface area contributed by atoms with E-state index in [1.165, 1.54) is 11.5 Å². The largest absolute Gasteiger partial charge is 0.307 e. The van der Waals surface area contributed by atoms with Gasteiger partial charge in [0.25, 0.3) is 0 Å². The third kappa shape index (κ3) is 1.95. The Labute approximate surface area is 94.9 Å². The molecule has 2 aromatic rings. The van der Waals surface area contributed by atoms with Crippen LogP contribution in [0.5, 0.6) is 0 Å². The summed E-state index contributed by atoms with van der Waals surface area (Å²) >= 11 is 8.79. The van der Waals surface area contributed by atoms with Gasteiger partial charge in [-0.15, -0.1) is 16.4 Å². The van der Waals surface area contributed by atoms with E-state index in [2.05, 4.69) is 14.9 Å². The summed E-state index contributed by atoms with van der Waals surface area (Å²) in [5.41, 5.74) is 0.941. The molecule has 3 nitrogen and oxygen atoms in total. The van der Waals surface area contributed by atoms with Crippen molar-refractivity contribution in [1.82, 2.24) is 14.9 Å². The van der Waals surface area contributed by atoms with Gasteiger partial charge in [0.05, 0.1) is 16.1 Å². The molecule has 0 aliphatic heterocycles. The normalized spacial score (nSPS) is 13.0. The first kappa shape index (κ1) is 10.0. The predicted molar refractivity (Wildman–Crippen MR) is 60.1 cm³/mol. The van der Waals surface area contributed by atoms with Gasteiger partial charge in [0.15, 0.2) is 0 Å². The third-order valence-electron chi connectivity index (χ3n) is 1.84. The minimum absolute atomic E-state index is 0.103. The maximum atomic E-state index is 5.88. The summed E-state index contributed by atoms with van der Waals surface area (Å²) in [6.45, 7) is 0. The van der Waals surface area contributed by atoms with Crippen LogP contribution in [0.4, 0.5) is 0 Å². The standard InChI is InChI=1S/C8H8ClN3S2/c1-10-8(5-4-13-12-11-5)6-2-3-7(9)14-6/h2-4,8,10H,1H3. The van der Waals surface area contributed by atoms with Crippen LogP contribution in [0.3, 0.4) is 0 Å². The molecule has 0 aromatic carbocycles. The first-order valence-electron chi connectivity index (χ1n) is 4.00. The van der Waals surface area contributed by atoms with Gasteiger partial charge in [-0.25, -0.2) is 0 Å². The summed E-state index contributed by atoms with van der Waals surface area (Å²) in [4.78, 5) is 1.16. The van der Waals surface area contributed by atoms with E-state index in [4.69, 9.17) is 11.6 Å². The van der Waals surface area contributed by atoms with Crippen molar-refractivity contribution < 1.29 is 0 Å². The zero-order chi connectivity index (χ0) is 9.97. The lowest BCUT2D eigenvalue weighted by atomic mass is 10.2. The predicted octanol–water partition coefficient (Wildman–Crippen LogP) is 2.56. The van der Waals surface area contributed by atoms with E-state index >= 15 is 0 Å². The lowest BCUT2D eigenvalue weighted by Gasteiger charge is -2.10. The Morgan fingerprint density at radius 1 is 1.50 bits per heavy atom. The third-order valence-corrected chi connectivity index (χ3v) is 3.66. The summed E-state index contributed by atoms with van der Waals surface area (Å²) in [5, 5.41) is 9.17. The number of nitrogens with zero attached hydrogens (tertiary/aromatic N) is 2. The molecule has 0 amide bonds. The molecule has 0 fully saturated rings. The van der Waals surface area contributed by atoms with Crippen molar-refractivity contribution in [1.29, 1.82) is 0 Å². The van der Waals surface area contributed by atoms with Gasteiger partial charge in [-0.2, -0.15) is 0 Å². The van der Waals surface area contributed by atoms with Crippen LogP contribution in [0.2, 0.25) is 4.34 Å². The van der Waals surface area contributed by atoms with Crippen LogP contribution in [0.15, 0.2) is 17.5 Å². The maximum absolute atomic E-state index is 5.88. The van der Waals surface area contributed by atoms with E-state index in [9.17, 15) is 0 Å². The smallest absolute Gasteiger partial charge is 0.0978 e. The van der Waals surface area contributed by atoms with Gasteiger partial charge in [-0.3, -0.25) is 0 Å². The monoisotopic (exact) mass is 245 g/mol. The van der Waals surface area contributed by atoms with Crippen LogP contribution in [0.1, 0.15) is 16.6 Å². The van der Waals surface area contributed by atoms with Crippen LogP contribution < -0.4 is 5.32 Å². The van der Waals surface area contributed by atoms with Gasteiger partial charge in [0, 0.05) is 10.3 Å². The SMILES string of the molecule is CNC(c1csnn1)c1ccc(Cl)s1. The van der Waals surface area contributed by atoms with Gasteiger partial charge in [-0.05, 0) is 30.7 Å². The second-order valence-corrected chi connectivity index (χ2v) is 5.05. The first-order valence-corrected chi connectivity index (χ1v) is 6.04. The zero-order valence-corrected chi connectivity index (χ0v) is 9.79. The van der Waals surface area contributed by atoms with Crippen molar-refractivity contribution in [3.8, 4) is 0 Å². The molecule has 2 aromatic heterocycles. The Bertz CT molecular complexity index is 398. The van der Waals surface area contributed by atoms with Crippen LogP contribution in [-0.4, -0.2) is 16.6 Å². The zero-order valence-electron chi connectivity index (χ0n) is 7.40. The molecule has 0 aliphatic rings. The Morgan fingerprint density at radius 2 is 2.36 bits per heavy atom. The highest BCUT2D eigenvalue weighted by Gasteiger charge is 2.16. The number of hydrogen-bond acceptors (Lipinski definition) is 5. The van der Waals surface area contributed by atoms with Gasteiger partial charge in [-0.1, -0.05) is 16.1 Å². The minimum Gasteiger partial charge on any atom is -0.307 e. The van der Waals surface area contributed by atoms with E-state index in [0.29, 0.717) is 0 Å². The Balaban J connectivity index is 2.31. The second kappa shape index (κ2) is 4.35. The minimum atomic E-state index is 0.103. The lowest BCUT2D eigenvalue weighted by Crippen LogP contribution is -2.16. The molecule has 0 bridgehead atoms. The maximum Gasteiger partial charge on any atom is 0.0978 e. The van der Waals surface area contributed by atoms with Crippen LogP contribution in [0.25, 0.3) is 0 Å². The van der Waals surface area contributed by atoms with Gasteiger partial charge >= 0.3 is 0 Å². The molecular weight excluding hydrogens is 238 g/mol. The molecule has 1 unspecified atom stereocenters. The van der Waals surface area contributed by atoms with Gasteiger partial charge < -0.3 is 5.32 Å². The highest BCUT2D eigenvalue weighted by molar-refractivity contribution is 7.16.